The molecule has 0 atom stereocenters. The molecule has 0 bridgehead atoms. The fourth-order valence-electron chi connectivity index (χ4n) is 4.15. The Morgan fingerprint density at radius 3 is 2.54 bits per heavy atom. The second-order valence-electron chi connectivity index (χ2n) is 8.91. The van der Waals surface area contributed by atoms with E-state index in [-0.39, 0.29) is 23.2 Å². The molecule has 0 spiro atoms. The van der Waals surface area contributed by atoms with Gasteiger partial charge >= 0.3 is 6.18 Å². The molecule has 0 aliphatic heterocycles. The number of rotatable bonds is 4. The molecule has 3 aromatic heterocycles. The first-order valence-corrected chi connectivity index (χ1v) is 11.3. The van der Waals surface area contributed by atoms with Gasteiger partial charge in [-0.05, 0) is 37.1 Å². The predicted octanol–water partition coefficient (Wildman–Crippen LogP) is 3.68. The SMILES string of the molecule is CN(C(=O)C1CC1)N(Cc1ncc(C(F)(F)F)cc1F)C(=O)c1ccc2nc(N)c3cnn(C)c3c2c1. The van der Waals surface area contributed by atoms with Crippen LogP contribution in [0.2, 0.25) is 0 Å². The molecular formula is C24H21F4N7O2. The number of pyridine rings is 2. The van der Waals surface area contributed by atoms with E-state index in [1.807, 2.05) is 0 Å². The van der Waals surface area contributed by atoms with Crippen molar-refractivity contribution in [3.05, 3.63) is 59.3 Å². The van der Waals surface area contributed by atoms with Crippen molar-refractivity contribution in [1.82, 2.24) is 29.8 Å². The quantitative estimate of drug-likeness (QED) is 0.328. The van der Waals surface area contributed by atoms with Crippen LogP contribution in [0.3, 0.4) is 0 Å². The number of amides is 2. The van der Waals surface area contributed by atoms with Gasteiger partial charge in [0.1, 0.15) is 11.6 Å². The highest BCUT2D eigenvalue weighted by Gasteiger charge is 2.37. The second kappa shape index (κ2) is 8.68. The maximum absolute atomic E-state index is 14.6. The summed E-state index contributed by atoms with van der Waals surface area (Å²) in [5.41, 5.74) is 5.65. The van der Waals surface area contributed by atoms with Crippen LogP contribution < -0.4 is 5.73 Å². The minimum atomic E-state index is -4.78. The minimum absolute atomic E-state index is 0.143. The summed E-state index contributed by atoms with van der Waals surface area (Å²) < 4.78 is 55.1. The number of aryl methyl sites for hydroxylation is 1. The summed E-state index contributed by atoms with van der Waals surface area (Å²) in [6.45, 7) is -0.559. The van der Waals surface area contributed by atoms with Gasteiger partial charge in [0.2, 0.25) is 5.91 Å². The number of alkyl halides is 3. The Hall–Kier alpha value is -4.29. The molecule has 3 heterocycles. The maximum atomic E-state index is 14.6. The number of carbonyl (C=O) groups is 2. The number of fused-ring (bicyclic) bond motifs is 3. The first-order chi connectivity index (χ1) is 17.5. The molecule has 1 fully saturated rings. The summed E-state index contributed by atoms with van der Waals surface area (Å²) in [5, 5.41) is 7.42. The molecule has 1 aliphatic rings. The molecule has 5 rings (SSSR count). The van der Waals surface area contributed by atoms with Crippen LogP contribution in [0.25, 0.3) is 21.8 Å². The van der Waals surface area contributed by atoms with E-state index in [1.165, 1.54) is 13.1 Å². The van der Waals surface area contributed by atoms with E-state index in [1.54, 1.807) is 30.1 Å². The Morgan fingerprint density at radius 2 is 1.89 bits per heavy atom. The van der Waals surface area contributed by atoms with Crippen molar-refractivity contribution in [2.45, 2.75) is 25.6 Å². The summed E-state index contributed by atoms with van der Waals surface area (Å²) in [5.74, 6) is -2.27. The normalized spacial score (nSPS) is 13.8. The van der Waals surface area contributed by atoms with Gasteiger partial charge in [-0.2, -0.15) is 18.3 Å². The highest BCUT2D eigenvalue weighted by atomic mass is 19.4. The number of hydrogen-bond acceptors (Lipinski definition) is 6. The Morgan fingerprint density at radius 1 is 1.16 bits per heavy atom. The highest BCUT2D eigenvalue weighted by Crippen LogP contribution is 2.33. The standard InChI is InChI=1S/C24H21F4N7O2/c1-33-20-15-7-13(5-6-18(15)32-21(29)16(20)10-31-33)23(37)35(34(2)22(36)12-3-4-12)11-19-17(25)8-14(9-30-19)24(26,27)28/h5-10,12H,3-4,11H2,1-2H3,(H2,29,32). The third-order valence-electron chi connectivity index (χ3n) is 6.34. The van der Waals surface area contributed by atoms with E-state index in [0.717, 1.165) is 10.0 Å². The lowest BCUT2D eigenvalue weighted by molar-refractivity contribution is -0.144. The lowest BCUT2D eigenvalue weighted by Crippen LogP contribution is -2.47. The van der Waals surface area contributed by atoms with E-state index in [0.29, 0.717) is 46.9 Å². The summed E-state index contributed by atoms with van der Waals surface area (Å²) >= 11 is 0. The van der Waals surface area contributed by atoms with E-state index in [4.69, 9.17) is 5.73 Å². The van der Waals surface area contributed by atoms with Gasteiger partial charge in [-0.3, -0.25) is 24.3 Å². The number of anilines is 1. The number of hydrazine groups is 1. The number of benzene rings is 1. The predicted molar refractivity (Wildman–Crippen MR) is 125 cm³/mol. The molecule has 9 nitrogen and oxygen atoms in total. The van der Waals surface area contributed by atoms with E-state index >= 15 is 0 Å². The summed E-state index contributed by atoms with van der Waals surface area (Å²) in [7, 11) is 3.08. The van der Waals surface area contributed by atoms with Crippen LogP contribution in [0, 0.1) is 11.7 Å². The summed E-state index contributed by atoms with van der Waals surface area (Å²) in [4.78, 5) is 34.4. The minimum Gasteiger partial charge on any atom is -0.383 e. The monoisotopic (exact) mass is 515 g/mol. The smallest absolute Gasteiger partial charge is 0.383 e. The van der Waals surface area contributed by atoms with Crippen molar-refractivity contribution in [1.29, 1.82) is 0 Å². The van der Waals surface area contributed by atoms with E-state index in [9.17, 15) is 27.2 Å². The van der Waals surface area contributed by atoms with Gasteiger partial charge < -0.3 is 5.73 Å². The summed E-state index contributed by atoms with van der Waals surface area (Å²) in [6.07, 6.45) is -1.42. The molecule has 0 radical (unpaired) electrons. The molecule has 0 unspecified atom stereocenters. The number of nitrogens with zero attached hydrogens (tertiary/aromatic N) is 6. The first kappa shape index (κ1) is 24.4. The largest absolute Gasteiger partial charge is 0.417 e. The Kier molecular flexibility index (Phi) is 5.72. The van der Waals surface area contributed by atoms with Gasteiger partial charge in [0.25, 0.3) is 5.91 Å². The topological polar surface area (TPSA) is 110 Å². The zero-order valence-electron chi connectivity index (χ0n) is 19.8. The number of nitrogen functional groups attached to an aromatic ring is 1. The summed E-state index contributed by atoms with van der Waals surface area (Å²) in [6, 6.07) is 4.95. The van der Waals surface area contributed by atoms with Crippen molar-refractivity contribution in [2.75, 3.05) is 12.8 Å². The Labute approximate surface area is 207 Å². The molecule has 1 aliphatic carbocycles. The number of nitrogens with two attached hydrogens (primary N) is 1. The maximum Gasteiger partial charge on any atom is 0.417 e. The van der Waals surface area contributed by atoms with Crippen LogP contribution in [0.4, 0.5) is 23.4 Å². The molecule has 192 valence electrons. The van der Waals surface area contributed by atoms with Crippen LogP contribution in [-0.2, 0) is 24.6 Å². The molecule has 2 N–H and O–H groups in total. The second-order valence-corrected chi connectivity index (χ2v) is 8.91. The van der Waals surface area contributed by atoms with Crippen LogP contribution in [0.1, 0.15) is 34.5 Å². The third kappa shape index (κ3) is 4.41. The molecular weight excluding hydrogens is 494 g/mol. The molecule has 1 saturated carbocycles. The number of carbonyl (C=O) groups excluding carboxylic acids is 2. The number of hydrogen-bond donors (Lipinski definition) is 1. The lowest BCUT2D eigenvalue weighted by Gasteiger charge is -2.32. The van der Waals surface area contributed by atoms with Gasteiger partial charge in [-0.1, -0.05) is 0 Å². The van der Waals surface area contributed by atoms with Crippen LogP contribution in [-0.4, -0.2) is 48.6 Å². The van der Waals surface area contributed by atoms with E-state index in [2.05, 4.69) is 15.1 Å². The van der Waals surface area contributed by atoms with Crippen molar-refractivity contribution in [3.63, 3.8) is 0 Å². The zero-order chi connectivity index (χ0) is 26.6. The van der Waals surface area contributed by atoms with E-state index < -0.39 is 35.7 Å². The fraction of sp³-hybridized carbons (Fsp3) is 0.292. The molecule has 1 aromatic carbocycles. The fourth-order valence-corrected chi connectivity index (χ4v) is 4.15. The van der Waals surface area contributed by atoms with Crippen LogP contribution >= 0.6 is 0 Å². The van der Waals surface area contributed by atoms with Crippen molar-refractivity contribution in [2.24, 2.45) is 13.0 Å². The van der Waals surface area contributed by atoms with Crippen LogP contribution in [0.5, 0.6) is 0 Å². The highest BCUT2D eigenvalue weighted by molar-refractivity contribution is 6.10. The van der Waals surface area contributed by atoms with Gasteiger partial charge in [-0.15, -0.1) is 0 Å². The Balaban J connectivity index is 1.56. The van der Waals surface area contributed by atoms with Crippen LogP contribution in [0.15, 0.2) is 36.7 Å². The number of halogens is 4. The molecule has 4 aromatic rings. The van der Waals surface area contributed by atoms with Crippen molar-refractivity contribution in [3.8, 4) is 0 Å². The van der Waals surface area contributed by atoms with Crippen molar-refractivity contribution < 1.29 is 27.2 Å². The van der Waals surface area contributed by atoms with Gasteiger partial charge in [0, 0.05) is 37.2 Å². The third-order valence-corrected chi connectivity index (χ3v) is 6.34. The number of aromatic nitrogens is 4. The molecule has 2 amide bonds. The van der Waals surface area contributed by atoms with Gasteiger partial charge in [0.05, 0.1) is 40.4 Å². The molecule has 0 saturated heterocycles. The average molecular weight is 515 g/mol. The van der Waals surface area contributed by atoms with Crippen molar-refractivity contribution >= 4 is 39.4 Å². The first-order valence-electron chi connectivity index (χ1n) is 11.3. The lowest BCUT2D eigenvalue weighted by atomic mass is 10.1. The van der Waals surface area contributed by atoms with Gasteiger partial charge in [0.15, 0.2) is 0 Å². The zero-order valence-corrected chi connectivity index (χ0v) is 19.8. The molecule has 13 heteroatoms. The molecule has 37 heavy (non-hydrogen) atoms. The Bertz CT molecular complexity index is 1560. The van der Waals surface area contributed by atoms with Gasteiger partial charge in [-0.25, -0.2) is 14.4 Å². The average Bonchev–Trinajstić information content (AvgIpc) is 3.63.